The number of amides is 3. The molecule has 7 N–H and O–H groups in total. The third-order valence-electron chi connectivity index (χ3n) is 3.52. The van der Waals surface area contributed by atoms with E-state index in [-0.39, 0.29) is 25.2 Å². The second-order valence-electron chi connectivity index (χ2n) is 6.57. The summed E-state index contributed by atoms with van der Waals surface area (Å²) in [6.07, 6.45) is -0.0827. The summed E-state index contributed by atoms with van der Waals surface area (Å²) in [5.74, 6) is -4.24. The van der Waals surface area contributed by atoms with Gasteiger partial charge in [0.1, 0.15) is 12.1 Å². The average molecular weight is 388 g/mol. The third kappa shape index (κ3) is 10.8. The number of carboxylic acids is 2. The highest BCUT2D eigenvalue weighted by atomic mass is 16.4. The number of hydrogen-bond acceptors (Lipinski definition) is 6. The van der Waals surface area contributed by atoms with Gasteiger partial charge < -0.3 is 31.9 Å². The molecule has 3 atom stereocenters. The predicted molar refractivity (Wildman–Crippen MR) is 94.5 cm³/mol. The van der Waals surface area contributed by atoms with E-state index in [4.69, 9.17) is 15.9 Å². The van der Waals surface area contributed by atoms with Crippen LogP contribution >= 0.6 is 0 Å². The first-order valence-corrected chi connectivity index (χ1v) is 8.51. The molecule has 0 bridgehead atoms. The normalized spacial score (nSPS) is 14.0. The summed E-state index contributed by atoms with van der Waals surface area (Å²) in [6.45, 7) is 4.49. The van der Waals surface area contributed by atoms with E-state index < -0.39 is 54.3 Å². The Morgan fingerprint density at radius 3 is 2.04 bits per heavy atom. The fourth-order valence-electron chi connectivity index (χ4n) is 2.04. The Hall–Kier alpha value is -2.69. The van der Waals surface area contributed by atoms with Gasteiger partial charge >= 0.3 is 11.9 Å². The molecular formula is C16H28N4O7. The number of nitrogens with two attached hydrogens (primary N) is 1. The van der Waals surface area contributed by atoms with Crippen molar-refractivity contribution in [3.8, 4) is 0 Å². The van der Waals surface area contributed by atoms with Crippen molar-refractivity contribution in [1.82, 2.24) is 16.0 Å². The van der Waals surface area contributed by atoms with Gasteiger partial charge in [0.2, 0.25) is 17.7 Å². The Morgan fingerprint density at radius 1 is 0.963 bits per heavy atom. The molecule has 0 aromatic carbocycles. The zero-order chi connectivity index (χ0) is 21.1. The summed E-state index contributed by atoms with van der Waals surface area (Å²) in [4.78, 5) is 57.2. The number of carbonyl (C=O) groups excluding carboxylic acids is 3. The maximum absolute atomic E-state index is 12.3. The molecule has 154 valence electrons. The van der Waals surface area contributed by atoms with Crippen molar-refractivity contribution >= 4 is 29.7 Å². The van der Waals surface area contributed by atoms with Crippen LogP contribution in [0.15, 0.2) is 0 Å². The molecule has 3 unspecified atom stereocenters. The Morgan fingerprint density at radius 2 is 1.56 bits per heavy atom. The largest absolute Gasteiger partial charge is 0.481 e. The lowest BCUT2D eigenvalue weighted by Crippen LogP contribution is -2.53. The predicted octanol–water partition coefficient (Wildman–Crippen LogP) is -1.59. The lowest BCUT2D eigenvalue weighted by molar-refractivity contribution is -0.141. The van der Waals surface area contributed by atoms with Crippen LogP contribution in [-0.2, 0) is 24.0 Å². The van der Waals surface area contributed by atoms with E-state index in [0.717, 1.165) is 0 Å². The summed E-state index contributed by atoms with van der Waals surface area (Å²) in [7, 11) is 0. The van der Waals surface area contributed by atoms with Crippen LogP contribution < -0.4 is 21.7 Å². The molecule has 0 aliphatic rings. The molecule has 0 rings (SSSR count). The van der Waals surface area contributed by atoms with E-state index in [9.17, 15) is 24.0 Å². The van der Waals surface area contributed by atoms with Gasteiger partial charge in [-0.2, -0.15) is 0 Å². The molecule has 0 saturated carbocycles. The zero-order valence-electron chi connectivity index (χ0n) is 15.7. The van der Waals surface area contributed by atoms with E-state index in [2.05, 4.69) is 16.0 Å². The quantitative estimate of drug-likeness (QED) is 0.231. The van der Waals surface area contributed by atoms with E-state index in [0.29, 0.717) is 0 Å². The van der Waals surface area contributed by atoms with E-state index in [1.807, 2.05) is 13.8 Å². The van der Waals surface area contributed by atoms with Gasteiger partial charge in [-0.05, 0) is 25.7 Å². The van der Waals surface area contributed by atoms with Gasteiger partial charge in [-0.15, -0.1) is 0 Å². The van der Waals surface area contributed by atoms with Gasteiger partial charge in [-0.1, -0.05) is 13.8 Å². The van der Waals surface area contributed by atoms with Crippen LogP contribution in [0.1, 0.15) is 40.0 Å². The minimum Gasteiger partial charge on any atom is -0.481 e. The van der Waals surface area contributed by atoms with Crippen LogP contribution in [-0.4, -0.2) is 64.5 Å². The first kappa shape index (κ1) is 24.3. The topological polar surface area (TPSA) is 188 Å². The van der Waals surface area contributed by atoms with Crippen molar-refractivity contribution in [3.05, 3.63) is 0 Å². The Balaban J connectivity index is 4.71. The summed E-state index contributed by atoms with van der Waals surface area (Å²) in [5.41, 5.74) is 5.62. The average Bonchev–Trinajstić information content (AvgIpc) is 2.55. The lowest BCUT2D eigenvalue weighted by Gasteiger charge is -2.22. The van der Waals surface area contributed by atoms with Gasteiger partial charge in [-0.25, -0.2) is 0 Å². The molecule has 0 aromatic heterocycles. The number of aliphatic carboxylic acids is 2. The molecule has 0 radical (unpaired) electrons. The minimum atomic E-state index is -1.21. The summed E-state index contributed by atoms with van der Waals surface area (Å²) >= 11 is 0. The molecule has 3 amide bonds. The second-order valence-corrected chi connectivity index (χ2v) is 6.57. The van der Waals surface area contributed by atoms with Gasteiger partial charge in [0, 0.05) is 6.42 Å². The first-order valence-electron chi connectivity index (χ1n) is 8.51. The van der Waals surface area contributed by atoms with E-state index >= 15 is 0 Å². The van der Waals surface area contributed by atoms with E-state index in [1.54, 1.807) is 0 Å². The smallest absolute Gasteiger partial charge is 0.325 e. The molecule has 0 fully saturated rings. The number of nitrogens with one attached hydrogen (secondary N) is 3. The van der Waals surface area contributed by atoms with Crippen LogP contribution in [0.25, 0.3) is 0 Å². The van der Waals surface area contributed by atoms with Gasteiger partial charge in [-0.3, -0.25) is 24.0 Å². The van der Waals surface area contributed by atoms with Crippen LogP contribution in [0, 0.1) is 5.92 Å². The minimum absolute atomic E-state index is 0.0390. The molecule has 0 aromatic rings. The maximum Gasteiger partial charge on any atom is 0.325 e. The zero-order valence-corrected chi connectivity index (χ0v) is 15.7. The molecule has 0 aliphatic heterocycles. The van der Waals surface area contributed by atoms with Crippen LogP contribution in [0.3, 0.4) is 0 Å². The Bertz CT molecular complexity index is 565. The van der Waals surface area contributed by atoms with Crippen molar-refractivity contribution in [2.75, 3.05) is 6.54 Å². The van der Waals surface area contributed by atoms with Gasteiger partial charge in [0.15, 0.2) is 0 Å². The molecule has 0 heterocycles. The maximum atomic E-state index is 12.3. The summed E-state index contributed by atoms with van der Waals surface area (Å²) in [5, 5.41) is 24.3. The first-order chi connectivity index (χ1) is 12.4. The summed E-state index contributed by atoms with van der Waals surface area (Å²) < 4.78 is 0. The molecule has 11 nitrogen and oxygen atoms in total. The van der Waals surface area contributed by atoms with Gasteiger partial charge in [0.05, 0.1) is 12.6 Å². The molecule has 11 heteroatoms. The van der Waals surface area contributed by atoms with Crippen LogP contribution in [0.2, 0.25) is 0 Å². The number of hydrogen-bond donors (Lipinski definition) is 6. The van der Waals surface area contributed by atoms with Gasteiger partial charge in [0.25, 0.3) is 0 Å². The van der Waals surface area contributed by atoms with E-state index in [1.165, 1.54) is 6.92 Å². The molecular weight excluding hydrogens is 360 g/mol. The fourth-order valence-corrected chi connectivity index (χ4v) is 2.04. The second kappa shape index (κ2) is 11.8. The molecule has 0 spiro atoms. The SMILES string of the molecule is CC(C)CC(NC(=O)C(N)CCC(=O)O)C(=O)NCC(=O)NC(C)C(=O)O. The van der Waals surface area contributed by atoms with Crippen molar-refractivity contribution < 1.29 is 34.2 Å². The van der Waals surface area contributed by atoms with Crippen LogP contribution in [0.4, 0.5) is 0 Å². The van der Waals surface area contributed by atoms with Crippen molar-refractivity contribution in [1.29, 1.82) is 0 Å². The Labute approximate surface area is 157 Å². The highest BCUT2D eigenvalue weighted by molar-refractivity contribution is 5.92. The highest BCUT2D eigenvalue weighted by Gasteiger charge is 2.25. The Kier molecular flexibility index (Phi) is 10.7. The number of carbonyl (C=O) groups is 5. The molecule has 0 aliphatic carbocycles. The third-order valence-corrected chi connectivity index (χ3v) is 3.52. The van der Waals surface area contributed by atoms with Crippen LogP contribution in [0.5, 0.6) is 0 Å². The fraction of sp³-hybridized carbons (Fsp3) is 0.688. The molecule has 27 heavy (non-hydrogen) atoms. The lowest BCUT2D eigenvalue weighted by atomic mass is 10.0. The number of carboxylic acid groups (broad SMARTS) is 2. The summed E-state index contributed by atoms with van der Waals surface area (Å²) in [6, 6.07) is -3.14. The molecule has 0 saturated heterocycles. The van der Waals surface area contributed by atoms with Crippen molar-refractivity contribution in [2.24, 2.45) is 11.7 Å². The van der Waals surface area contributed by atoms with Crippen molar-refractivity contribution in [2.45, 2.75) is 58.2 Å². The standard InChI is InChI=1S/C16H28N4O7/c1-8(2)6-11(20-14(24)10(17)4-5-13(22)23)15(25)18-7-12(21)19-9(3)16(26)27/h8-11H,4-7,17H2,1-3H3,(H,18,25)(H,19,21)(H,20,24)(H,22,23)(H,26,27). The number of rotatable bonds is 12. The van der Waals surface area contributed by atoms with Crippen molar-refractivity contribution in [3.63, 3.8) is 0 Å². The monoisotopic (exact) mass is 388 g/mol. The highest BCUT2D eigenvalue weighted by Crippen LogP contribution is 2.06.